The second-order valence-electron chi connectivity index (χ2n) is 4.20. The minimum absolute atomic E-state index is 0.251. The van der Waals surface area contributed by atoms with E-state index in [-0.39, 0.29) is 11.6 Å². The molecule has 1 aromatic carbocycles. The summed E-state index contributed by atoms with van der Waals surface area (Å²) in [6, 6.07) is 9.27. The van der Waals surface area contributed by atoms with Crippen molar-refractivity contribution in [2.24, 2.45) is 4.99 Å². The van der Waals surface area contributed by atoms with Crippen LogP contribution in [-0.2, 0) is 9.53 Å². The SMILES string of the molecule is COc1ccc(Br)cc1C1=NC(=Cc2cccs2)C(=O)O1. The van der Waals surface area contributed by atoms with Crippen molar-refractivity contribution in [1.82, 2.24) is 0 Å². The summed E-state index contributed by atoms with van der Waals surface area (Å²) in [5.74, 6) is 0.392. The summed E-state index contributed by atoms with van der Waals surface area (Å²) in [6.45, 7) is 0. The summed E-state index contributed by atoms with van der Waals surface area (Å²) in [4.78, 5) is 17.1. The Hall–Kier alpha value is -1.92. The third-order valence-electron chi connectivity index (χ3n) is 2.83. The molecule has 0 radical (unpaired) electrons. The number of rotatable bonds is 3. The fourth-order valence-electron chi connectivity index (χ4n) is 1.88. The van der Waals surface area contributed by atoms with Gasteiger partial charge in [0.15, 0.2) is 5.70 Å². The molecule has 2 heterocycles. The highest BCUT2D eigenvalue weighted by molar-refractivity contribution is 9.10. The van der Waals surface area contributed by atoms with Crippen LogP contribution in [0.4, 0.5) is 0 Å². The van der Waals surface area contributed by atoms with Gasteiger partial charge in [-0.15, -0.1) is 11.3 Å². The molecule has 0 saturated heterocycles. The standard InChI is InChI=1S/C15H10BrNO3S/c1-19-13-5-4-9(16)7-11(13)14-17-12(15(18)20-14)8-10-3-2-6-21-10/h2-8H,1H3. The van der Waals surface area contributed by atoms with E-state index in [9.17, 15) is 4.79 Å². The lowest BCUT2D eigenvalue weighted by atomic mass is 10.2. The molecule has 1 aromatic heterocycles. The van der Waals surface area contributed by atoms with E-state index in [0.29, 0.717) is 11.3 Å². The zero-order valence-corrected chi connectivity index (χ0v) is 13.4. The maximum atomic E-state index is 11.9. The number of hydrogen-bond donors (Lipinski definition) is 0. The van der Waals surface area contributed by atoms with Crippen LogP contribution < -0.4 is 4.74 Å². The van der Waals surface area contributed by atoms with Crippen molar-refractivity contribution < 1.29 is 14.3 Å². The predicted molar refractivity (Wildman–Crippen MR) is 85.6 cm³/mol. The summed E-state index contributed by atoms with van der Waals surface area (Å²) in [5, 5.41) is 1.94. The average molecular weight is 364 g/mol. The number of nitrogens with zero attached hydrogens (tertiary/aromatic N) is 1. The van der Waals surface area contributed by atoms with Crippen molar-refractivity contribution in [3.63, 3.8) is 0 Å². The number of aliphatic imine (C=N–C) groups is 1. The number of thiophene rings is 1. The van der Waals surface area contributed by atoms with Gasteiger partial charge in [0, 0.05) is 9.35 Å². The Morgan fingerprint density at radius 2 is 2.24 bits per heavy atom. The van der Waals surface area contributed by atoms with Gasteiger partial charge in [0.2, 0.25) is 5.90 Å². The van der Waals surface area contributed by atoms with Crippen LogP contribution in [0.25, 0.3) is 6.08 Å². The van der Waals surface area contributed by atoms with Crippen molar-refractivity contribution in [2.45, 2.75) is 0 Å². The maximum Gasteiger partial charge on any atom is 0.363 e. The number of halogens is 1. The quantitative estimate of drug-likeness (QED) is 0.614. The van der Waals surface area contributed by atoms with E-state index >= 15 is 0 Å². The zero-order valence-electron chi connectivity index (χ0n) is 11.0. The molecular weight excluding hydrogens is 354 g/mol. The normalized spacial score (nSPS) is 16.0. The van der Waals surface area contributed by atoms with Crippen LogP contribution in [0.5, 0.6) is 5.75 Å². The van der Waals surface area contributed by atoms with Crippen LogP contribution in [-0.4, -0.2) is 19.0 Å². The molecule has 3 rings (SSSR count). The number of benzene rings is 1. The molecule has 0 aliphatic carbocycles. The Balaban J connectivity index is 2.01. The van der Waals surface area contributed by atoms with Crippen LogP contribution in [0.15, 0.2) is 50.9 Å². The first-order valence-corrected chi connectivity index (χ1v) is 7.74. The Bertz CT molecular complexity index is 750. The predicted octanol–water partition coefficient (Wildman–Crippen LogP) is 3.86. The fourth-order valence-corrected chi connectivity index (χ4v) is 2.89. The number of carbonyl (C=O) groups excluding carboxylic acids is 1. The Morgan fingerprint density at radius 3 is 2.95 bits per heavy atom. The van der Waals surface area contributed by atoms with Crippen molar-refractivity contribution in [3.05, 3.63) is 56.3 Å². The number of hydrogen-bond acceptors (Lipinski definition) is 5. The molecule has 21 heavy (non-hydrogen) atoms. The van der Waals surface area contributed by atoms with Gasteiger partial charge >= 0.3 is 5.97 Å². The number of esters is 1. The van der Waals surface area contributed by atoms with Crippen molar-refractivity contribution in [1.29, 1.82) is 0 Å². The molecule has 0 atom stereocenters. The molecule has 4 nitrogen and oxygen atoms in total. The number of cyclic esters (lactones) is 1. The van der Waals surface area contributed by atoms with E-state index in [0.717, 1.165) is 9.35 Å². The van der Waals surface area contributed by atoms with Gasteiger partial charge in [0.05, 0.1) is 12.7 Å². The molecule has 0 unspecified atom stereocenters. The third kappa shape index (κ3) is 2.91. The topological polar surface area (TPSA) is 47.9 Å². The lowest BCUT2D eigenvalue weighted by molar-refractivity contribution is -0.129. The largest absolute Gasteiger partial charge is 0.496 e. The van der Waals surface area contributed by atoms with Gasteiger partial charge in [-0.2, -0.15) is 0 Å². The van der Waals surface area contributed by atoms with Crippen LogP contribution >= 0.6 is 27.3 Å². The van der Waals surface area contributed by atoms with Crippen LogP contribution in [0, 0.1) is 0 Å². The summed E-state index contributed by atoms with van der Waals surface area (Å²) >= 11 is 4.92. The van der Waals surface area contributed by atoms with E-state index in [2.05, 4.69) is 20.9 Å². The third-order valence-corrected chi connectivity index (χ3v) is 4.15. The smallest absolute Gasteiger partial charge is 0.363 e. The highest BCUT2D eigenvalue weighted by Gasteiger charge is 2.26. The van der Waals surface area contributed by atoms with E-state index in [1.807, 2.05) is 23.6 Å². The summed E-state index contributed by atoms with van der Waals surface area (Å²) in [7, 11) is 1.56. The molecular formula is C15H10BrNO3S. The lowest BCUT2D eigenvalue weighted by Crippen LogP contribution is -2.07. The van der Waals surface area contributed by atoms with Crippen LogP contribution in [0.2, 0.25) is 0 Å². The molecule has 0 saturated carbocycles. The maximum absolute atomic E-state index is 11.9. The Morgan fingerprint density at radius 1 is 1.38 bits per heavy atom. The van der Waals surface area contributed by atoms with E-state index in [1.54, 1.807) is 25.3 Å². The highest BCUT2D eigenvalue weighted by Crippen LogP contribution is 2.28. The molecule has 6 heteroatoms. The average Bonchev–Trinajstić information content (AvgIpc) is 3.10. The second kappa shape index (κ2) is 5.83. The molecule has 0 spiro atoms. The van der Waals surface area contributed by atoms with Gasteiger partial charge in [-0.3, -0.25) is 0 Å². The molecule has 0 amide bonds. The van der Waals surface area contributed by atoms with Crippen LogP contribution in [0.3, 0.4) is 0 Å². The van der Waals surface area contributed by atoms with E-state index in [4.69, 9.17) is 9.47 Å². The minimum Gasteiger partial charge on any atom is -0.496 e. The van der Waals surface area contributed by atoms with Gasteiger partial charge in [-0.05, 0) is 35.7 Å². The Kier molecular flexibility index (Phi) is 3.90. The Labute approximate surface area is 133 Å². The minimum atomic E-state index is -0.458. The molecule has 1 aliphatic heterocycles. The van der Waals surface area contributed by atoms with Gasteiger partial charge < -0.3 is 9.47 Å². The van der Waals surface area contributed by atoms with Gasteiger partial charge in [0.1, 0.15) is 5.75 Å². The number of carbonyl (C=O) groups is 1. The second-order valence-corrected chi connectivity index (χ2v) is 6.09. The molecule has 0 fully saturated rings. The first-order valence-electron chi connectivity index (χ1n) is 6.07. The van der Waals surface area contributed by atoms with E-state index in [1.165, 1.54) is 11.3 Å². The summed E-state index contributed by atoms with van der Waals surface area (Å²) < 4.78 is 11.4. The summed E-state index contributed by atoms with van der Waals surface area (Å²) in [6.07, 6.45) is 1.71. The first-order chi connectivity index (χ1) is 10.2. The highest BCUT2D eigenvalue weighted by atomic mass is 79.9. The summed E-state index contributed by atoms with van der Waals surface area (Å²) in [5.41, 5.74) is 0.921. The molecule has 0 bridgehead atoms. The van der Waals surface area contributed by atoms with Crippen molar-refractivity contribution >= 4 is 45.2 Å². The number of methoxy groups -OCH3 is 1. The zero-order chi connectivity index (χ0) is 14.8. The van der Waals surface area contributed by atoms with Gasteiger partial charge in [0.25, 0.3) is 0 Å². The van der Waals surface area contributed by atoms with Gasteiger partial charge in [-0.25, -0.2) is 9.79 Å². The molecule has 1 aliphatic rings. The molecule has 2 aromatic rings. The van der Waals surface area contributed by atoms with Gasteiger partial charge in [-0.1, -0.05) is 22.0 Å². The number of ether oxygens (including phenoxy) is 2. The first kappa shape index (κ1) is 14.0. The molecule has 0 N–H and O–H groups in total. The lowest BCUT2D eigenvalue weighted by Gasteiger charge is -2.07. The van der Waals surface area contributed by atoms with E-state index < -0.39 is 5.97 Å². The van der Waals surface area contributed by atoms with Crippen molar-refractivity contribution in [3.8, 4) is 5.75 Å². The van der Waals surface area contributed by atoms with Crippen LogP contribution in [0.1, 0.15) is 10.4 Å². The van der Waals surface area contributed by atoms with Crippen molar-refractivity contribution in [2.75, 3.05) is 7.11 Å². The fraction of sp³-hybridized carbons (Fsp3) is 0.0667. The monoisotopic (exact) mass is 363 g/mol. The molecule has 106 valence electrons.